The summed E-state index contributed by atoms with van der Waals surface area (Å²) in [4.78, 5) is 17.6. The monoisotopic (exact) mass is 450 g/mol. The van der Waals surface area contributed by atoms with Crippen LogP contribution in [-0.2, 0) is 0 Å². The quantitative estimate of drug-likeness (QED) is 0.612. The number of ether oxygens (including phenoxy) is 1. The Morgan fingerprint density at radius 3 is 2.33 bits per heavy atom. The zero-order valence-electron chi connectivity index (χ0n) is 18.9. The molecule has 2 heterocycles. The molecular formula is C26H30N2O5. The molecule has 1 aliphatic carbocycles. The number of nitrogens with zero attached hydrogens (tertiary/aromatic N) is 2. The van der Waals surface area contributed by atoms with Crippen molar-refractivity contribution in [1.82, 2.24) is 4.90 Å². The third-order valence-electron chi connectivity index (χ3n) is 6.77. The topological polar surface area (TPSA) is 86.4 Å². The molecule has 5 rings (SSSR count). The summed E-state index contributed by atoms with van der Waals surface area (Å²) in [6.07, 6.45) is 5.03. The van der Waals surface area contributed by atoms with Crippen LogP contribution < -0.4 is 15.1 Å². The molecule has 7 nitrogen and oxygen atoms in total. The highest BCUT2D eigenvalue weighted by molar-refractivity contribution is 5.91. The number of hydrogen-bond donors (Lipinski definition) is 2. The predicted octanol–water partition coefficient (Wildman–Crippen LogP) is 4.33. The van der Waals surface area contributed by atoms with Gasteiger partial charge in [0, 0.05) is 49.6 Å². The molecule has 2 fully saturated rings. The maximum Gasteiger partial charge on any atom is 0.205 e. The maximum atomic E-state index is 12.9. The Balaban J connectivity index is 1.51. The molecule has 1 aromatic heterocycles. The first-order valence-corrected chi connectivity index (χ1v) is 11.7. The summed E-state index contributed by atoms with van der Waals surface area (Å²) in [6, 6.07) is 10.5. The van der Waals surface area contributed by atoms with Gasteiger partial charge in [0.05, 0.1) is 6.10 Å². The summed E-state index contributed by atoms with van der Waals surface area (Å²) >= 11 is 0. The Bertz CT molecular complexity index is 1190. The van der Waals surface area contributed by atoms with Crippen LogP contribution in [0.5, 0.6) is 17.2 Å². The summed E-state index contributed by atoms with van der Waals surface area (Å²) in [5.74, 6) is -0.0425. The van der Waals surface area contributed by atoms with E-state index in [2.05, 4.69) is 16.8 Å². The first-order chi connectivity index (χ1) is 16.0. The first kappa shape index (κ1) is 21.6. The highest BCUT2D eigenvalue weighted by Gasteiger charge is 2.23. The highest BCUT2D eigenvalue weighted by Crippen LogP contribution is 2.42. The number of aromatic hydroxyl groups is 2. The Morgan fingerprint density at radius 2 is 1.64 bits per heavy atom. The van der Waals surface area contributed by atoms with Crippen molar-refractivity contribution >= 4 is 16.7 Å². The molecule has 174 valence electrons. The van der Waals surface area contributed by atoms with Crippen molar-refractivity contribution in [3.05, 3.63) is 46.6 Å². The fourth-order valence-electron chi connectivity index (χ4n) is 4.79. The lowest BCUT2D eigenvalue weighted by Crippen LogP contribution is -2.44. The number of piperazine rings is 1. The van der Waals surface area contributed by atoms with E-state index in [4.69, 9.17) is 9.15 Å². The van der Waals surface area contributed by atoms with Crippen molar-refractivity contribution in [2.45, 2.75) is 38.2 Å². The van der Waals surface area contributed by atoms with Gasteiger partial charge in [0.15, 0.2) is 16.8 Å². The SMILES string of the molecule is CN1CCN(c2ccc(-c3cc(=O)c4c(O)cc(O)c(OC5CCCCC5)c4o3)cc2)CC1. The summed E-state index contributed by atoms with van der Waals surface area (Å²) in [7, 11) is 2.13. The molecule has 1 saturated heterocycles. The van der Waals surface area contributed by atoms with E-state index in [1.54, 1.807) is 0 Å². The van der Waals surface area contributed by atoms with Gasteiger partial charge in [0.2, 0.25) is 5.75 Å². The van der Waals surface area contributed by atoms with Crippen LogP contribution in [0, 0.1) is 0 Å². The van der Waals surface area contributed by atoms with Crippen LogP contribution in [0.4, 0.5) is 5.69 Å². The summed E-state index contributed by atoms with van der Waals surface area (Å²) < 4.78 is 12.2. The minimum Gasteiger partial charge on any atom is -0.507 e. The lowest BCUT2D eigenvalue weighted by atomic mass is 9.98. The third-order valence-corrected chi connectivity index (χ3v) is 6.77. The largest absolute Gasteiger partial charge is 0.507 e. The molecule has 2 aromatic carbocycles. The number of phenols is 2. The minimum atomic E-state index is -0.375. The third kappa shape index (κ3) is 4.37. The molecule has 0 atom stereocenters. The van der Waals surface area contributed by atoms with Gasteiger partial charge in [-0.05, 0) is 57.0 Å². The molecule has 0 radical (unpaired) electrons. The van der Waals surface area contributed by atoms with Crippen LogP contribution in [0.3, 0.4) is 0 Å². The van der Waals surface area contributed by atoms with Gasteiger partial charge in [0.1, 0.15) is 16.9 Å². The summed E-state index contributed by atoms with van der Waals surface area (Å²) in [5, 5.41) is 20.9. The zero-order valence-corrected chi connectivity index (χ0v) is 18.9. The van der Waals surface area contributed by atoms with Gasteiger partial charge >= 0.3 is 0 Å². The van der Waals surface area contributed by atoms with E-state index in [0.29, 0.717) is 5.76 Å². The molecule has 33 heavy (non-hydrogen) atoms. The highest BCUT2D eigenvalue weighted by atomic mass is 16.5. The van der Waals surface area contributed by atoms with E-state index in [1.165, 1.54) is 12.5 Å². The molecule has 2 aliphatic rings. The number of phenolic OH excluding ortho intramolecular Hbond substituents is 2. The smallest absolute Gasteiger partial charge is 0.205 e. The predicted molar refractivity (Wildman–Crippen MR) is 128 cm³/mol. The van der Waals surface area contributed by atoms with Gasteiger partial charge in [-0.15, -0.1) is 0 Å². The molecule has 3 aromatic rings. The van der Waals surface area contributed by atoms with Gasteiger partial charge in [-0.3, -0.25) is 4.79 Å². The molecule has 1 aliphatic heterocycles. The van der Waals surface area contributed by atoms with Crippen LogP contribution in [0.25, 0.3) is 22.3 Å². The fraction of sp³-hybridized carbons (Fsp3) is 0.423. The van der Waals surface area contributed by atoms with Gasteiger partial charge in [-0.1, -0.05) is 6.42 Å². The van der Waals surface area contributed by atoms with E-state index < -0.39 is 0 Å². The molecule has 0 unspecified atom stereocenters. The van der Waals surface area contributed by atoms with Crippen LogP contribution in [0.1, 0.15) is 32.1 Å². The molecule has 0 amide bonds. The minimum absolute atomic E-state index is 0.0245. The van der Waals surface area contributed by atoms with Crippen molar-refractivity contribution in [2.75, 3.05) is 38.1 Å². The van der Waals surface area contributed by atoms with E-state index in [-0.39, 0.29) is 39.8 Å². The number of benzene rings is 2. The van der Waals surface area contributed by atoms with Crippen molar-refractivity contribution in [1.29, 1.82) is 0 Å². The number of likely N-dealkylation sites (N-methyl/N-ethyl adjacent to an activating group) is 1. The molecule has 2 N–H and O–H groups in total. The summed E-state index contributed by atoms with van der Waals surface area (Å²) in [5.41, 5.74) is 1.59. The molecule has 1 saturated carbocycles. The second-order valence-electron chi connectivity index (χ2n) is 9.14. The van der Waals surface area contributed by atoms with Gasteiger partial charge in [0.25, 0.3) is 0 Å². The number of fused-ring (bicyclic) bond motifs is 1. The van der Waals surface area contributed by atoms with Crippen LogP contribution in [-0.4, -0.2) is 54.4 Å². The van der Waals surface area contributed by atoms with Crippen molar-refractivity contribution in [3.8, 4) is 28.6 Å². The Hall–Kier alpha value is -3.19. The lowest BCUT2D eigenvalue weighted by Gasteiger charge is -2.34. The molecule has 0 spiro atoms. The van der Waals surface area contributed by atoms with E-state index >= 15 is 0 Å². The number of rotatable bonds is 4. The van der Waals surface area contributed by atoms with Crippen LogP contribution in [0.15, 0.2) is 45.6 Å². The first-order valence-electron chi connectivity index (χ1n) is 11.7. The average molecular weight is 451 g/mol. The van der Waals surface area contributed by atoms with Crippen molar-refractivity contribution in [3.63, 3.8) is 0 Å². The fourth-order valence-corrected chi connectivity index (χ4v) is 4.79. The second-order valence-corrected chi connectivity index (χ2v) is 9.14. The van der Waals surface area contributed by atoms with Crippen molar-refractivity contribution in [2.24, 2.45) is 0 Å². The zero-order chi connectivity index (χ0) is 22.9. The van der Waals surface area contributed by atoms with Crippen LogP contribution in [0.2, 0.25) is 0 Å². The van der Waals surface area contributed by atoms with Crippen LogP contribution >= 0.6 is 0 Å². The molecule has 7 heteroatoms. The van der Waals surface area contributed by atoms with Gasteiger partial charge in [-0.25, -0.2) is 0 Å². The van der Waals surface area contributed by atoms with Crippen molar-refractivity contribution < 1.29 is 19.4 Å². The normalized spacial score (nSPS) is 18.0. The molecule has 0 bridgehead atoms. The average Bonchev–Trinajstić information content (AvgIpc) is 2.82. The second kappa shape index (κ2) is 8.98. The lowest BCUT2D eigenvalue weighted by molar-refractivity contribution is 0.150. The van der Waals surface area contributed by atoms with Gasteiger partial charge in [-0.2, -0.15) is 0 Å². The Morgan fingerprint density at radius 1 is 0.939 bits per heavy atom. The Kier molecular flexibility index (Phi) is 5.89. The maximum absolute atomic E-state index is 12.9. The summed E-state index contributed by atoms with van der Waals surface area (Å²) in [6.45, 7) is 4.00. The van der Waals surface area contributed by atoms with Gasteiger partial charge < -0.3 is 29.2 Å². The van der Waals surface area contributed by atoms with E-state index in [1.807, 2.05) is 24.3 Å². The standard InChI is InChI=1S/C26H30N2O5/c1-27-11-13-28(14-12-27)18-9-7-17(8-10-18)23-16-21(30)24-20(29)15-22(31)25(26(24)33-23)32-19-5-3-2-4-6-19/h7-10,15-16,19,29,31H,2-6,11-14H2,1H3. The van der Waals surface area contributed by atoms with E-state index in [0.717, 1.165) is 69.2 Å². The number of anilines is 1. The molecular weight excluding hydrogens is 420 g/mol. The van der Waals surface area contributed by atoms with E-state index in [9.17, 15) is 15.0 Å². The Labute approximate surface area is 192 Å². The number of hydrogen-bond acceptors (Lipinski definition) is 7.